The van der Waals surface area contributed by atoms with Gasteiger partial charge in [0, 0.05) is 36.9 Å². The fourth-order valence-corrected chi connectivity index (χ4v) is 2.17. The number of hydrogen-bond acceptors (Lipinski definition) is 5. The van der Waals surface area contributed by atoms with Gasteiger partial charge < -0.3 is 10.2 Å². The van der Waals surface area contributed by atoms with Crippen LogP contribution in [0.5, 0.6) is 0 Å². The summed E-state index contributed by atoms with van der Waals surface area (Å²) >= 11 is 0. The normalized spacial score (nSPS) is 10.2. The summed E-state index contributed by atoms with van der Waals surface area (Å²) in [5.41, 5.74) is 1.68. The monoisotopic (exact) mass is 319 g/mol. The molecule has 0 spiro atoms. The van der Waals surface area contributed by atoms with Gasteiger partial charge in [-0.15, -0.1) is 0 Å². The van der Waals surface area contributed by atoms with Gasteiger partial charge in [0.25, 0.3) is 0 Å². The van der Waals surface area contributed by atoms with Crippen molar-refractivity contribution in [2.75, 3.05) is 23.8 Å². The fourth-order valence-electron chi connectivity index (χ4n) is 2.17. The minimum Gasteiger partial charge on any atom is -0.361 e. The van der Waals surface area contributed by atoms with E-state index in [4.69, 9.17) is 0 Å². The Bertz CT molecular complexity index is 808. The molecule has 1 N–H and O–H groups in total. The van der Waals surface area contributed by atoms with E-state index in [1.807, 2.05) is 42.5 Å². The molecule has 6 heteroatoms. The SMILES string of the molecule is CN(C(=O)CNc1ccnc(-c2cccnc2)n1)c1ccccc1. The lowest BCUT2D eigenvalue weighted by atomic mass is 10.2. The van der Waals surface area contributed by atoms with Gasteiger partial charge in [0.15, 0.2) is 5.82 Å². The second-order valence-corrected chi connectivity index (χ2v) is 5.15. The number of hydrogen-bond donors (Lipinski definition) is 1. The number of likely N-dealkylation sites (N-methyl/N-ethyl adjacent to an activating group) is 1. The zero-order valence-corrected chi connectivity index (χ0v) is 13.3. The Kier molecular flexibility index (Phi) is 4.76. The van der Waals surface area contributed by atoms with Gasteiger partial charge in [-0.2, -0.15) is 0 Å². The molecule has 0 saturated carbocycles. The second-order valence-electron chi connectivity index (χ2n) is 5.15. The molecule has 0 saturated heterocycles. The number of carbonyl (C=O) groups is 1. The Balaban J connectivity index is 1.66. The van der Waals surface area contributed by atoms with Crippen LogP contribution in [0.25, 0.3) is 11.4 Å². The van der Waals surface area contributed by atoms with Crippen LogP contribution >= 0.6 is 0 Å². The van der Waals surface area contributed by atoms with Gasteiger partial charge in [0.1, 0.15) is 5.82 Å². The quantitative estimate of drug-likeness (QED) is 0.783. The van der Waals surface area contributed by atoms with E-state index in [-0.39, 0.29) is 12.5 Å². The van der Waals surface area contributed by atoms with E-state index in [0.29, 0.717) is 11.6 Å². The Morgan fingerprint density at radius 2 is 1.92 bits per heavy atom. The first kappa shape index (κ1) is 15.6. The molecular weight excluding hydrogens is 302 g/mol. The summed E-state index contributed by atoms with van der Waals surface area (Å²) in [6.07, 6.45) is 5.06. The van der Waals surface area contributed by atoms with E-state index in [9.17, 15) is 4.79 Å². The van der Waals surface area contributed by atoms with Crippen LogP contribution in [-0.4, -0.2) is 34.5 Å². The third-order valence-electron chi connectivity index (χ3n) is 3.51. The number of nitrogens with one attached hydrogen (secondary N) is 1. The lowest BCUT2D eigenvalue weighted by Gasteiger charge is -2.17. The molecule has 0 aliphatic heterocycles. The van der Waals surface area contributed by atoms with E-state index in [1.54, 1.807) is 36.6 Å². The maximum Gasteiger partial charge on any atom is 0.246 e. The van der Waals surface area contributed by atoms with Gasteiger partial charge in [-0.3, -0.25) is 9.78 Å². The van der Waals surface area contributed by atoms with Gasteiger partial charge in [-0.05, 0) is 30.3 Å². The number of aromatic nitrogens is 3. The predicted octanol–water partition coefficient (Wildman–Crippen LogP) is 2.61. The molecule has 2 aromatic heterocycles. The lowest BCUT2D eigenvalue weighted by molar-refractivity contribution is -0.116. The zero-order chi connectivity index (χ0) is 16.8. The molecule has 0 fully saturated rings. The van der Waals surface area contributed by atoms with Crippen LogP contribution in [0.15, 0.2) is 67.1 Å². The first-order valence-corrected chi connectivity index (χ1v) is 7.53. The molecule has 1 aromatic carbocycles. The van der Waals surface area contributed by atoms with Crippen molar-refractivity contribution in [2.24, 2.45) is 0 Å². The summed E-state index contributed by atoms with van der Waals surface area (Å²) < 4.78 is 0. The number of nitrogens with zero attached hydrogens (tertiary/aromatic N) is 4. The molecule has 0 bridgehead atoms. The Morgan fingerprint density at radius 3 is 2.67 bits per heavy atom. The molecule has 0 atom stereocenters. The Hall–Kier alpha value is -3.28. The van der Waals surface area contributed by atoms with Crippen molar-refractivity contribution < 1.29 is 4.79 Å². The van der Waals surface area contributed by atoms with Crippen LogP contribution in [-0.2, 0) is 4.79 Å². The summed E-state index contributed by atoms with van der Waals surface area (Å²) in [5.74, 6) is 1.11. The third-order valence-corrected chi connectivity index (χ3v) is 3.51. The molecule has 6 nitrogen and oxygen atoms in total. The van der Waals surface area contributed by atoms with E-state index >= 15 is 0 Å². The van der Waals surface area contributed by atoms with Crippen LogP contribution in [0.4, 0.5) is 11.5 Å². The number of amides is 1. The second kappa shape index (κ2) is 7.32. The molecule has 3 aromatic rings. The molecular formula is C18H17N5O. The summed E-state index contributed by atoms with van der Waals surface area (Å²) in [5, 5.41) is 3.04. The van der Waals surface area contributed by atoms with Crippen molar-refractivity contribution in [3.8, 4) is 11.4 Å². The van der Waals surface area contributed by atoms with E-state index < -0.39 is 0 Å². The minimum absolute atomic E-state index is 0.0530. The minimum atomic E-state index is -0.0530. The number of anilines is 2. The summed E-state index contributed by atoms with van der Waals surface area (Å²) in [4.78, 5) is 26.6. The van der Waals surface area contributed by atoms with Crippen molar-refractivity contribution in [1.29, 1.82) is 0 Å². The van der Waals surface area contributed by atoms with Gasteiger partial charge in [-0.25, -0.2) is 9.97 Å². The molecule has 3 rings (SSSR count). The number of carbonyl (C=O) groups excluding carboxylic acids is 1. The zero-order valence-electron chi connectivity index (χ0n) is 13.3. The van der Waals surface area contributed by atoms with Gasteiger partial charge in [0.2, 0.25) is 5.91 Å². The molecule has 2 heterocycles. The van der Waals surface area contributed by atoms with Crippen molar-refractivity contribution in [3.63, 3.8) is 0 Å². The molecule has 24 heavy (non-hydrogen) atoms. The number of pyridine rings is 1. The standard InChI is InChI=1S/C18H17N5O/c1-23(15-7-3-2-4-8-15)17(24)13-21-16-9-11-20-18(22-16)14-6-5-10-19-12-14/h2-12H,13H2,1H3,(H,20,21,22). The van der Waals surface area contributed by atoms with Crippen LogP contribution in [0, 0.1) is 0 Å². The average Bonchev–Trinajstić information content (AvgIpc) is 2.67. The molecule has 0 unspecified atom stereocenters. The summed E-state index contributed by atoms with van der Waals surface area (Å²) in [7, 11) is 1.75. The first-order chi connectivity index (χ1) is 11.7. The molecule has 0 aliphatic rings. The van der Waals surface area contributed by atoms with Crippen molar-refractivity contribution in [1.82, 2.24) is 15.0 Å². The molecule has 0 aliphatic carbocycles. The van der Waals surface area contributed by atoms with Crippen molar-refractivity contribution >= 4 is 17.4 Å². The van der Waals surface area contributed by atoms with Gasteiger partial charge >= 0.3 is 0 Å². The van der Waals surface area contributed by atoms with E-state index in [2.05, 4.69) is 20.3 Å². The largest absolute Gasteiger partial charge is 0.361 e. The summed E-state index contributed by atoms with van der Waals surface area (Å²) in [6, 6.07) is 15.0. The fraction of sp³-hybridized carbons (Fsp3) is 0.111. The highest BCUT2D eigenvalue weighted by Crippen LogP contribution is 2.15. The Labute approximate surface area is 140 Å². The molecule has 0 radical (unpaired) electrons. The molecule has 120 valence electrons. The number of benzene rings is 1. The highest BCUT2D eigenvalue weighted by Gasteiger charge is 2.11. The Morgan fingerprint density at radius 1 is 1.08 bits per heavy atom. The van der Waals surface area contributed by atoms with Crippen molar-refractivity contribution in [3.05, 3.63) is 67.1 Å². The highest BCUT2D eigenvalue weighted by molar-refractivity contribution is 5.95. The van der Waals surface area contributed by atoms with Gasteiger partial charge in [-0.1, -0.05) is 18.2 Å². The van der Waals surface area contributed by atoms with Gasteiger partial charge in [0.05, 0.1) is 6.54 Å². The maximum absolute atomic E-state index is 12.3. The maximum atomic E-state index is 12.3. The first-order valence-electron chi connectivity index (χ1n) is 7.53. The van der Waals surface area contributed by atoms with E-state index in [1.165, 1.54) is 0 Å². The van der Waals surface area contributed by atoms with Crippen molar-refractivity contribution in [2.45, 2.75) is 0 Å². The number of para-hydroxylation sites is 1. The summed E-state index contributed by atoms with van der Waals surface area (Å²) in [6.45, 7) is 0.148. The highest BCUT2D eigenvalue weighted by atomic mass is 16.2. The molecule has 1 amide bonds. The van der Waals surface area contributed by atoms with Crippen LogP contribution in [0.3, 0.4) is 0 Å². The average molecular weight is 319 g/mol. The third kappa shape index (κ3) is 3.73. The lowest BCUT2D eigenvalue weighted by Crippen LogP contribution is -2.32. The van der Waals surface area contributed by atoms with Crippen LogP contribution < -0.4 is 10.2 Å². The predicted molar refractivity (Wildman–Crippen MR) is 93.6 cm³/mol. The van der Waals surface area contributed by atoms with Crippen LogP contribution in [0.2, 0.25) is 0 Å². The smallest absolute Gasteiger partial charge is 0.246 e. The van der Waals surface area contributed by atoms with E-state index in [0.717, 1.165) is 11.3 Å². The van der Waals surface area contributed by atoms with Crippen LogP contribution in [0.1, 0.15) is 0 Å². The topological polar surface area (TPSA) is 71.0 Å². The number of rotatable bonds is 5.